The average Bonchev–Trinajstić information content (AvgIpc) is 2.99. The monoisotopic (exact) mass is 291 g/mol. The van der Waals surface area contributed by atoms with Crippen LogP contribution in [-0.4, -0.2) is 18.6 Å². The Kier molecular flexibility index (Phi) is 5.37. The van der Waals surface area contributed by atoms with Gasteiger partial charge in [0.05, 0.1) is 6.26 Å². The number of amides is 1. The maximum Gasteiger partial charge on any atom is 0.260 e. The fraction of sp³-hybridized carbons (Fsp3) is 0.312. The molecule has 0 aliphatic carbocycles. The Morgan fingerprint density at radius 2 is 2.10 bits per heavy atom. The Morgan fingerprint density at radius 1 is 1.33 bits per heavy atom. The lowest BCUT2D eigenvalue weighted by molar-refractivity contribution is -0.127. The first-order chi connectivity index (χ1) is 10.1. The molecule has 0 aliphatic heterocycles. The maximum atomic E-state index is 12.8. The van der Waals surface area contributed by atoms with Gasteiger partial charge >= 0.3 is 0 Å². The number of hydrogen-bond acceptors (Lipinski definition) is 3. The van der Waals surface area contributed by atoms with Crippen molar-refractivity contribution in [3.8, 4) is 5.75 Å². The zero-order valence-electron chi connectivity index (χ0n) is 11.8. The van der Waals surface area contributed by atoms with Crippen molar-refractivity contribution in [1.29, 1.82) is 0 Å². The van der Waals surface area contributed by atoms with Crippen LogP contribution in [0.2, 0.25) is 0 Å². The summed E-state index contributed by atoms with van der Waals surface area (Å²) in [4.78, 5) is 11.8. The average molecular weight is 291 g/mol. The molecule has 2 aromatic rings. The predicted octanol–water partition coefficient (Wildman–Crippen LogP) is 2.94. The Hall–Kier alpha value is -2.30. The lowest BCUT2D eigenvalue weighted by Crippen LogP contribution is -2.36. The summed E-state index contributed by atoms with van der Waals surface area (Å²) in [6.45, 7) is 2.21. The van der Waals surface area contributed by atoms with E-state index in [0.717, 1.165) is 18.6 Å². The Morgan fingerprint density at radius 3 is 2.76 bits per heavy atom. The van der Waals surface area contributed by atoms with Gasteiger partial charge in [0.15, 0.2) is 6.10 Å². The van der Waals surface area contributed by atoms with Crippen molar-refractivity contribution in [1.82, 2.24) is 5.32 Å². The van der Waals surface area contributed by atoms with Crippen LogP contribution < -0.4 is 10.1 Å². The second-order valence-electron chi connectivity index (χ2n) is 4.69. The Labute approximate surface area is 122 Å². The van der Waals surface area contributed by atoms with Crippen LogP contribution in [0.5, 0.6) is 5.75 Å². The Bertz CT molecular complexity index is 551. The topological polar surface area (TPSA) is 51.5 Å². The highest BCUT2D eigenvalue weighted by molar-refractivity contribution is 5.80. The van der Waals surface area contributed by atoms with Crippen LogP contribution in [0.1, 0.15) is 19.1 Å². The van der Waals surface area contributed by atoms with Crippen LogP contribution in [-0.2, 0) is 11.2 Å². The number of carbonyl (C=O) groups is 1. The van der Waals surface area contributed by atoms with Gasteiger partial charge < -0.3 is 14.5 Å². The van der Waals surface area contributed by atoms with Crippen LogP contribution in [0.3, 0.4) is 0 Å². The van der Waals surface area contributed by atoms with Gasteiger partial charge in [0, 0.05) is 13.0 Å². The predicted molar refractivity (Wildman–Crippen MR) is 76.5 cm³/mol. The van der Waals surface area contributed by atoms with E-state index in [1.807, 2.05) is 12.1 Å². The zero-order chi connectivity index (χ0) is 15.1. The van der Waals surface area contributed by atoms with Crippen molar-refractivity contribution in [2.45, 2.75) is 25.9 Å². The third-order valence-electron chi connectivity index (χ3n) is 2.98. The normalized spacial score (nSPS) is 11.9. The number of furan rings is 1. The fourth-order valence-electron chi connectivity index (χ4n) is 1.84. The summed E-state index contributed by atoms with van der Waals surface area (Å²) in [7, 11) is 0. The molecule has 1 heterocycles. The first kappa shape index (κ1) is 15.1. The van der Waals surface area contributed by atoms with Crippen LogP contribution in [0.15, 0.2) is 47.1 Å². The molecule has 0 saturated heterocycles. The first-order valence-electron chi connectivity index (χ1n) is 6.87. The van der Waals surface area contributed by atoms with E-state index < -0.39 is 6.10 Å². The highest BCUT2D eigenvalue weighted by Crippen LogP contribution is 2.13. The number of rotatable bonds is 7. The van der Waals surface area contributed by atoms with Crippen molar-refractivity contribution in [3.05, 3.63) is 54.2 Å². The van der Waals surface area contributed by atoms with E-state index in [1.54, 1.807) is 13.2 Å². The molecule has 4 nitrogen and oxygen atoms in total. The lowest BCUT2D eigenvalue weighted by Gasteiger charge is -2.14. The molecule has 0 bridgehead atoms. The molecule has 1 amide bonds. The summed E-state index contributed by atoms with van der Waals surface area (Å²) in [6.07, 6.45) is 2.58. The molecule has 0 spiro atoms. The molecule has 0 aliphatic rings. The number of aryl methyl sites for hydroxylation is 1. The molecule has 0 radical (unpaired) electrons. The second kappa shape index (κ2) is 7.47. The summed E-state index contributed by atoms with van der Waals surface area (Å²) in [5.41, 5.74) is 0. The molecule has 1 atom stereocenters. The van der Waals surface area contributed by atoms with Gasteiger partial charge in [0.1, 0.15) is 17.3 Å². The zero-order valence-corrected chi connectivity index (χ0v) is 11.8. The van der Waals surface area contributed by atoms with Gasteiger partial charge in [0.25, 0.3) is 5.91 Å². The van der Waals surface area contributed by atoms with Crippen molar-refractivity contribution >= 4 is 5.91 Å². The molecule has 112 valence electrons. The molecule has 0 saturated carbocycles. The van der Waals surface area contributed by atoms with Crippen LogP contribution in [0.4, 0.5) is 4.39 Å². The minimum absolute atomic E-state index is 0.196. The standard InChI is InChI=1S/C16H18FNO3/c1-12(21-15-8-6-13(17)7-9-15)16(19)18-10-2-4-14-5-3-11-20-14/h3,5-9,11-12H,2,4,10H2,1H3,(H,18,19). The van der Waals surface area contributed by atoms with Gasteiger partial charge in [-0.1, -0.05) is 0 Å². The van der Waals surface area contributed by atoms with E-state index in [-0.39, 0.29) is 11.7 Å². The lowest BCUT2D eigenvalue weighted by atomic mass is 10.2. The van der Waals surface area contributed by atoms with Crippen molar-refractivity contribution in [3.63, 3.8) is 0 Å². The summed E-state index contributed by atoms with van der Waals surface area (Å²) < 4.78 is 23.4. The molecule has 1 aromatic carbocycles. The SMILES string of the molecule is CC(Oc1ccc(F)cc1)C(=O)NCCCc1ccco1. The molecular weight excluding hydrogens is 273 g/mol. The summed E-state index contributed by atoms with van der Waals surface area (Å²) in [6, 6.07) is 9.33. The van der Waals surface area contributed by atoms with E-state index in [4.69, 9.17) is 9.15 Å². The van der Waals surface area contributed by atoms with Gasteiger partial charge in [-0.2, -0.15) is 0 Å². The molecule has 2 rings (SSSR count). The first-order valence-corrected chi connectivity index (χ1v) is 6.87. The third-order valence-corrected chi connectivity index (χ3v) is 2.98. The number of halogens is 1. The largest absolute Gasteiger partial charge is 0.481 e. The molecule has 1 aromatic heterocycles. The smallest absolute Gasteiger partial charge is 0.260 e. The minimum atomic E-state index is -0.626. The van der Waals surface area contributed by atoms with Crippen LogP contribution in [0, 0.1) is 5.82 Å². The fourth-order valence-corrected chi connectivity index (χ4v) is 1.84. The van der Waals surface area contributed by atoms with E-state index >= 15 is 0 Å². The van der Waals surface area contributed by atoms with Gasteiger partial charge in [-0.15, -0.1) is 0 Å². The number of ether oxygens (including phenoxy) is 1. The third kappa shape index (κ3) is 4.95. The number of carbonyl (C=O) groups excluding carboxylic acids is 1. The molecular formula is C16H18FNO3. The minimum Gasteiger partial charge on any atom is -0.481 e. The summed E-state index contributed by atoms with van der Waals surface area (Å²) in [5, 5.41) is 2.80. The molecule has 0 fully saturated rings. The van der Waals surface area contributed by atoms with Gasteiger partial charge in [-0.05, 0) is 49.7 Å². The number of hydrogen-bond donors (Lipinski definition) is 1. The van der Waals surface area contributed by atoms with Crippen molar-refractivity contribution in [2.24, 2.45) is 0 Å². The van der Waals surface area contributed by atoms with E-state index in [1.165, 1.54) is 24.3 Å². The maximum absolute atomic E-state index is 12.8. The quantitative estimate of drug-likeness (QED) is 0.798. The molecule has 21 heavy (non-hydrogen) atoms. The van der Waals surface area contributed by atoms with E-state index in [2.05, 4.69) is 5.32 Å². The van der Waals surface area contributed by atoms with E-state index in [0.29, 0.717) is 12.3 Å². The number of nitrogens with one attached hydrogen (secondary N) is 1. The molecule has 5 heteroatoms. The molecule has 1 unspecified atom stereocenters. The van der Waals surface area contributed by atoms with Gasteiger partial charge in [-0.25, -0.2) is 4.39 Å². The van der Waals surface area contributed by atoms with Crippen molar-refractivity contribution < 1.29 is 18.3 Å². The van der Waals surface area contributed by atoms with Gasteiger partial charge in [-0.3, -0.25) is 4.79 Å². The number of benzene rings is 1. The Balaban J connectivity index is 1.68. The van der Waals surface area contributed by atoms with E-state index in [9.17, 15) is 9.18 Å². The second-order valence-corrected chi connectivity index (χ2v) is 4.69. The van der Waals surface area contributed by atoms with Crippen LogP contribution >= 0.6 is 0 Å². The summed E-state index contributed by atoms with van der Waals surface area (Å²) in [5.74, 6) is 0.839. The summed E-state index contributed by atoms with van der Waals surface area (Å²) >= 11 is 0. The highest BCUT2D eigenvalue weighted by Gasteiger charge is 2.13. The van der Waals surface area contributed by atoms with Crippen LogP contribution in [0.25, 0.3) is 0 Å². The van der Waals surface area contributed by atoms with Crippen molar-refractivity contribution in [2.75, 3.05) is 6.54 Å². The molecule has 1 N–H and O–H groups in total. The highest BCUT2D eigenvalue weighted by atomic mass is 19.1. The van der Waals surface area contributed by atoms with Gasteiger partial charge in [0.2, 0.25) is 0 Å².